The van der Waals surface area contributed by atoms with Crippen LogP contribution in [0.1, 0.15) is 10.4 Å². The molecule has 0 spiro atoms. The van der Waals surface area contributed by atoms with E-state index in [4.69, 9.17) is 16.0 Å². The first-order valence-corrected chi connectivity index (χ1v) is 5.62. The maximum atomic E-state index is 11.6. The lowest BCUT2D eigenvalue weighted by atomic mass is 10.3. The number of hydrogen-bond acceptors (Lipinski definition) is 2. The summed E-state index contributed by atoms with van der Waals surface area (Å²) in [4.78, 5) is 11.6. The SMILES string of the molecule is O=C(Nc1ccc(Br)c(Cl)c1)c1ccoc1. The smallest absolute Gasteiger partial charge is 0.258 e. The van der Waals surface area contributed by atoms with Gasteiger partial charge in [-0.15, -0.1) is 0 Å². The fourth-order valence-corrected chi connectivity index (χ4v) is 1.60. The van der Waals surface area contributed by atoms with Crippen molar-refractivity contribution in [3.63, 3.8) is 0 Å². The van der Waals surface area contributed by atoms with E-state index >= 15 is 0 Å². The van der Waals surface area contributed by atoms with Crippen LogP contribution in [0.5, 0.6) is 0 Å². The van der Waals surface area contributed by atoms with E-state index in [1.54, 1.807) is 24.3 Å². The molecule has 0 saturated carbocycles. The molecule has 1 aromatic carbocycles. The van der Waals surface area contributed by atoms with E-state index in [2.05, 4.69) is 21.2 Å². The zero-order chi connectivity index (χ0) is 11.5. The molecule has 0 aliphatic carbocycles. The van der Waals surface area contributed by atoms with Crippen molar-refractivity contribution in [1.29, 1.82) is 0 Å². The molecule has 0 atom stereocenters. The molecule has 0 unspecified atom stereocenters. The number of benzene rings is 1. The fourth-order valence-electron chi connectivity index (χ4n) is 1.17. The van der Waals surface area contributed by atoms with Crippen LogP contribution in [0, 0.1) is 0 Å². The summed E-state index contributed by atoms with van der Waals surface area (Å²) in [6.07, 6.45) is 2.83. The van der Waals surface area contributed by atoms with Crippen LogP contribution >= 0.6 is 27.5 Å². The normalized spacial score (nSPS) is 10.1. The highest BCUT2D eigenvalue weighted by molar-refractivity contribution is 9.10. The van der Waals surface area contributed by atoms with Gasteiger partial charge in [0, 0.05) is 10.2 Å². The third kappa shape index (κ3) is 2.46. The number of halogens is 2. The van der Waals surface area contributed by atoms with Crippen molar-refractivity contribution >= 4 is 39.1 Å². The molecular formula is C11H7BrClNO2. The van der Waals surface area contributed by atoms with Gasteiger partial charge in [0.1, 0.15) is 6.26 Å². The van der Waals surface area contributed by atoms with Crippen molar-refractivity contribution in [2.75, 3.05) is 5.32 Å². The maximum Gasteiger partial charge on any atom is 0.258 e. The van der Waals surface area contributed by atoms with E-state index in [1.807, 2.05) is 0 Å². The molecule has 3 nitrogen and oxygen atoms in total. The highest BCUT2D eigenvalue weighted by atomic mass is 79.9. The number of amides is 1. The molecule has 0 saturated heterocycles. The molecule has 0 fully saturated rings. The number of rotatable bonds is 2. The van der Waals surface area contributed by atoms with Crippen molar-refractivity contribution in [2.45, 2.75) is 0 Å². The molecule has 1 heterocycles. The number of furan rings is 1. The molecule has 0 aliphatic heterocycles. The van der Waals surface area contributed by atoms with Crippen LogP contribution in [0.15, 0.2) is 45.7 Å². The first-order valence-electron chi connectivity index (χ1n) is 4.45. The Morgan fingerprint density at radius 1 is 1.38 bits per heavy atom. The minimum Gasteiger partial charge on any atom is -0.472 e. The van der Waals surface area contributed by atoms with E-state index < -0.39 is 0 Å². The monoisotopic (exact) mass is 299 g/mol. The number of hydrogen-bond donors (Lipinski definition) is 1. The quantitative estimate of drug-likeness (QED) is 0.912. The number of carbonyl (C=O) groups excluding carboxylic acids is 1. The molecule has 5 heteroatoms. The molecule has 0 radical (unpaired) electrons. The largest absolute Gasteiger partial charge is 0.472 e. The van der Waals surface area contributed by atoms with Crippen molar-refractivity contribution in [3.05, 3.63) is 51.9 Å². The Bertz CT molecular complexity index is 511. The van der Waals surface area contributed by atoms with E-state index in [1.165, 1.54) is 12.5 Å². The molecule has 82 valence electrons. The molecule has 0 bridgehead atoms. The summed E-state index contributed by atoms with van der Waals surface area (Å²) < 4.78 is 5.61. The van der Waals surface area contributed by atoms with Crippen LogP contribution in [0.2, 0.25) is 5.02 Å². The van der Waals surface area contributed by atoms with Gasteiger partial charge in [0.2, 0.25) is 0 Å². The average Bonchev–Trinajstić information content (AvgIpc) is 2.77. The molecule has 1 amide bonds. The summed E-state index contributed by atoms with van der Waals surface area (Å²) in [5, 5.41) is 3.25. The van der Waals surface area contributed by atoms with Gasteiger partial charge < -0.3 is 9.73 Å². The Morgan fingerprint density at radius 3 is 2.81 bits per heavy atom. The minimum atomic E-state index is -0.230. The third-order valence-corrected chi connectivity index (χ3v) is 3.19. The topological polar surface area (TPSA) is 42.2 Å². The lowest BCUT2D eigenvalue weighted by molar-refractivity contribution is 0.102. The van der Waals surface area contributed by atoms with Gasteiger partial charge in [-0.1, -0.05) is 11.6 Å². The van der Waals surface area contributed by atoms with Gasteiger partial charge in [0.25, 0.3) is 5.91 Å². The highest BCUT2D eigenvalue weighted by Crippen LogP contribution is 2.25. The van der Waals surface area contributed by atoms with Crippen LogP contribution in [0.4, 0.5) is 5.69 Å². The number of nitrogens with one attached hydrogen (secondary N) is 1. The fraction of sp³-hybridized carbons (Fsp3) is 0. The van der Waals surface area contributed by atoms with E-state index in [-0.39, 0.29) is 5.91 Å². The summed E-state index contributed by atoms with van der Waals surface area (Å²) in [5.74, 6) is -0.230. The molecule has 16 heavy (non-hydrogen) atoms. The minimum absolute atomic E-state index is 0.230. The summed E-state index contributed by atoms with van der Waals surface area (Å²) in [6, 6.07) is 6.79. The van der Waals surface area contributed by atoms with Gasteiger partial charge in [0.15, 0.2) is 0 Å². The zero-order valence-electron chi connectivity index (χ0n) is 8.04. The summed E-state index contributed by atoms with van der Waals surface area (Å²) in [6.45, 7) is 0. The second-order valence-electron chi connectivity index (χ2n) is 3.10. The van der Waals surface area contributed by atoms with Crippen molar-refractivity contribution in [2.24, 2.45) is 0 Å². The summed E-state index contributed by atoms with van der Waals surface area (Å²) in [7, 11) is 0. The van der Waals surface area contributed by atoms with Crippen LogP contribution < -0.4 is 5.32 Å². The van der Waals surface area contributed by atoms with Crippen LogP contribution in [-0.2, 0) is 0 Å². The van der Waals surface area contributed by atoms with Gasteiger partial charge in [-0.3, -0.25) is 4.79 Å². The number of anilines is 1. The molecule has 1 aromatic heterocycles. The highest BCUT2D eigenvalue weighted by Gasteiger charge is 2.07. The standard InChI is InChI=1S/C11H7BrClNO2/c12-9-2-1-8(5-10(9)13)14-11(15)7-3-4-16-6-7/h1-6H,(H,14,15). The summed E-state index contributed by atoms with van der Waals surface area (Å²) >= 11 is 9.18. The van der Waals surface area contributed by atoms with E-state index in [0.717, 1.165) is 4.47 Å². The van der Waals surface area contributed by atoms with Gasteiger partial charge >= 0.3 is 0 Å². The van der Waals surface area contributed by atoms with Gasteiger partial charge in [0.05, 0.1) is 16.8 Å². The molecule has 1 N–H and O–H groups in total. The van der Waals surface area contributed by atoms with Crippen molar-refractivity contribution in [1.82, 2.24) is 0 Å². The Hall–Kier alpha value is -1.26. The summed E-state index contributed by atoms with van der Waals surface area (Å²) in [5.41, 5.74) is 1.11. The number of carbonyl (C=O) groups is 1. The van der Waals surface area contributed by atoms with Crippen LogP contribution in [-0.4, -0.2) is 5.91 Å². The molecule has 2 rings (SSSR count). The Labute approximate surface area is 106 Å². The lowest BCUT2D eigenvalue weighted by Gasteiger charge is -2.04. The molecule has 0 aliphatic rings. The van der Waals surface area contributed by atoms with E-state index in [9.17, 15) is 4.79 Å². The average molecular weight is 301 g/mol. The zero-order valence-corrected chi connectivity index (χ0v) is 10.4. The lowest BCUT2D eigenvalue weighted by Crippen LogP contribution is -2.10. The van der Waals surface area contributed by atoms with Crippen LogP contribution in [0.25, 0.3) is 0 Å². The maximum absolute atomic E-state index is 11.6. The van der Waals surface area contributed by atoms with Gasteiger partial charge in [-0.2, -0.15) is 0 Å². The Balaban J connectivity index is 2.15. The second-order valence-corrected chi connectivity index (χ2v) is 4.36. The first kappa shape index (κ1) is 11.2. The van der Waals surface area contributed by atoms with Gasteiger partial charge in [-0.05, 0) is 40.2 Å². The third-order valence-electron chi connectivity index (χ3n) is 1.96. The van der Waals surface area contributed by atoms with Crippen molar-refractivity contribution < 1.29 is 9.21 Å². The Morgan fingerprint density at radius 2 is 2.19 bits per heavy atom. The van der Waals surface area contributed by atoms with Crippen LogP contribution in [0.3, 0.4) is 0 Å². The Kier molecular flexibility index (Phi) is 3.31. The predicted octanol–water partition coefficient (Wildman–Crippen LogP) is 3.95. The predicted molar refractivity (Wildman–Crippen MR) is 65.8 cm³/mol. The van der Waals surface area contributed by atoms with Crippen molar-refractivity contribution in [3.8, 4) is 0 Å². The molecular weight excluding hydrogens is 293 g/mol. The van der Waals surface area contributed by atoms with E-state index in [0.29, 0.717) is 16.3 Å². The second kappa shape index (κ2) is 4.72. The van der Waals surface area contributed by atoms with Gasteiger partial charge in [-0.25, -0.2) is 0 Å². The molecule has 2 aromatic rings. The first-order chi connectivity index (χ1) is 7.66.